The van der Waals surface area contributed by atoms with Gasteiger partial charge in [-0.1, -0.05) is 12.1 Å². The third-order valence-corrected chi connectivity index (χ3v) is 4.30. The molecule has 2 aliphatic rings. The number of hydrogen-bond acceptors (Lipinski definition) is 6. The number of aromatic nitrogens is 2. The van der Waals surface area contributed by atoms with Gasteiger partial charge < -0.3 is 14.0 Å². The molecule has 0 bridgehead atoms. The Bertz CT molecular complexity index is 432. The van der Waals surface area contributed by atoms with Crippen LogP contribution in [0.15, 0.2) is 4.52 Å². The van der Waals surface area contributed by atoms with Crippen LogP contribution >= 0.6 is 0 Å². The number of hydrogen-bond donors (Lipinski definition) is 0. The van der Waals surface area contributed by atoms with E-state index in [9.17, 15) is 0 Å². The molecule has 2 saturated heterocycles. The van der Waals surface area contributed by atoms with Crippen LogP contribution in [0.2, 0.25) is 0 Å². The fourth-order valence-electron chi connectivity index (χ4n) is 3.11. The lowest BCUT2D eigenvalue weighted by atomic mass is 10.2. The van der Waals surface area contributed by atoms with Crippen molar-refractivity contribution in [2.24, 2.45) is 0 Å². The van der Waals surface area contributed by atoms with Gasteiger partial charge in [-0.3, -0.25) is 4.90 Å². The standard InChI is InChI=1S/C15H25N3O3/c1-2-14-16-15(17-21-14)13-6-3-7-18(13)8-10-19-11-12-5-4-9-20-12/h12-13H,2-11H2,1H3/t12-,13-/m1/s1. The predicted octanol–water partition coefficient (Wildman–Crippen LogP) is 1.96. The van der Waals surface area contributed by atoms with Gasteiger partial charge in [-0.15, -0.1) is 0 Å². The lowest BCUT2D eigenvalue weighted by Gasteiger charge is -2.22. The van der Waals surface area contributed by atoms with Gasteiger partial charge in [0.1, 0.15) is 0 Å². The Morgan fingerprint density at radius 2 is 2.29 bits per heavy atom. The molecule has 118 valence electrons. The molecule has 6 nitrogen and oxygen atoms in total. The van der Waals surface area contributed by atoms with E-state index in [-0.39, 0.29) is 0 Å². The average Bonchev–Trinajstić information content (AvgIpc) is 3.23. The Kier molecular flexibility index (Phi) is 5.22. The molecular formula is C15H25N3O3. The van der Waals surface area contributed by atoms with E-state index in [1.54, 1.807) is 0 Å². The molecule has 0 spiro atoms. The summed E-state index contributed by atoms with van der Waals surface area (Å²) in [6.45, 7) is 6.40. The van der Waals surface area contributed by atoms with E-state index in [2.05, 4.69) is 15.0 Å². The summed E-state index contributed by atoms with van der Waals surface area (Å²) in [6.07, 6.45) is 5.70. The highest BCUT2D eigenvalue weighted by atomic mass is 16.5. The van der Waals surface area contributed by atoms with Gasteiger partial charge in [0.15, 0.2) is 5.82 Å². The van der Waals surface area contributed by atoms with Crippen LogP contribution in [0, 0.1) is 0 Å². The molecule has 0 amide bonds. The molecule has 6 heteroatoms. The highest BCUT2D eigenvalue weighted by Gasteiger charge is 2.29. The minimum atomic E-state index is 0.292. The summed E-state index contributed by atoms with van der Waals surface area (Å²) in [4.78, 5) is 6.87. The molecule has 0 saturated carbocycles. The molecule has 21 heavy (non-hydrogen) atoms. The summed E-state index contributed by atoms with van der Waals surface area (Å²) in [5.74, 6) is 1.56. The SMILES string of the molecule is CCc1nc([C@H]2CCCN2CCOC[C@H]2CCCO2)no1. The summed E-state index contributed by atoms with van der Waals surface area (Å²) >= 11 is 0. The zero-order valence-electron chi connectivity index (χ0n) is 12.8. The van der Waals surface area contributed by atoms with Gasteiger partial charge in [-0.25, -0.2) is 0 Å². The van der Waals surface area contributed by atoms with Crippen LogP contribution in [-0.4, -0.2) is 54.1 Å². The molecule has 0 radical (unpaired) electrons. The lowest BCUT2D eigenvalue weighted by Crippen LogP contribution is -2.29. The van der Waals surface area contributed by atoms with Crippen molar-refractivity contribution in [3.8, 4) is 0 Å². The smallest absolute Gasteiger partial charge is 0.226 e. The van der Waals surface area contributed by atoms with Crippen molar-refractivity contribution < 1.29 is 14.0 Å². The van der Waals surface area contributed by atoms with Crippen molar-refractivity contribution in [3.63, 3.8) is 0 Å². The van der Waals surface area contributed by atoms with Gasteiger partial charge in [0.2, 0.25) is 5.89 Å². The van der Waals surface area contributed by atoms with Gasteiger partial charge >= 0.3 is 0 Å². The minimum Gasteiger partial charge on any atom is -0.377 e. The first-order valence-electron chi connectivity index (χ1n) is 8.12. The molecule has 2 atom stereocenters. The Morgan fingerprint density at radius 3 is 3.05 bits per heavy atom. The van der Waals surface area contributed by atoms with Crippen LogP contribution in [-0.2, 0) is 15.9 Å². The molecule has 0 unspecified atom stereocenters. The first kappa shape index (κ1) is 14.9. The fourth-order valence-corrected chi connectivity index (χ4v) is 3.11. The second-order valence-corrected chi connectivity index (χ2v) is 5.80. The number of nitrogens with zero attached hydrogens (tertiary/aromatic N) is 3. The van der Waals surface area contributed by atoms with E-state index in [4.69, 9.17) is 14.0 Å². The first-order chi connectivity index (χ1) is 10.4. The number of ether oxygens (including phenoxy) is 2. The Hall–Kier alpha value is -0.980. The second kappa shape index (κ2) is 7.33. The maximum atomic E-state index is 5.76. The van der Waals surface area contributed by atoms with Gasteiger partial charge in [0.25, 0.3) is 0 Å². The summed E-state index contributed by atoms with van der Waals surface area (Å²) in [5.41, 5.74) is 0. The second-order valence-electron chi connectivity index (χ2n) is 5.80. The van der Waals surface area contributed by atoms with E-state index in [0.717, 1.165) is 63.9 Å². The van der Waals surface area contributed by atoms with Crippen molar-refractivity contribution in [2.75, 3.05) is 32.9 Å². The molecule has 1 aromatic rings. The first-order valence-corrected chi connectivity index (χ1v) is 8.12. The van der Waals surface area contributed by atoms with Gasteiger partial charge in [-0.2, -0.15) is 4.98 Å². The van der Waals surface area contributed by atoms with Crippen LogP contribution < -0.4 is 0 Å². The van der Waals surface area contributed by atoms with Crippen LogP contribution in [0.3, 0.4) is 0 Å². The molecule has 2 fully saturated rings. The topological polar surface area (TPSA) is 60.6 Å². The molecule has 1 aromatic heterocycles. The maximum absolute atomic E-state index is 5.76. The largest absolute Gasteiger partial charge is 0.377 e. The quantitative estimate of drug-likeness (QED) is 0.717. The molecule has 0 aliphatic carbocycles. The Morgan fingerprint density at radius 1 is 1.33 bits per heavy atom. The number of likely N-dealkylation sites (tertiary alicyclic amines) is 1. The third kappa shape index (κ3) is 3.81. The number of rotatable bonds is 7. The monoisotopic (exact) mass is 295 g/mol. The third-order valence-electron chi connectivity index (χ3n) is 4.30. The molecule has 3 heterocycles. The van der Waals surface area contributed by atoms with E-state index in [1.807, 2.05) is 6.92 Å². The van der Waals surface area contributed by atoms with Crippen LogP contribution in [0.25, 0.3) is 0 Å². The molecule has 2 aliphatic heterocycles. The zero-order valence-corrected chi connectivity index (χ0v) is 12.8. The highest BCUT2D eigenvalue weighted by molar-refractivity contribution is 4.98. The fraction of sp³-hybridized carbons (Fsp3) is 0.867. The van der Waals surface area contributed by atoms with E-state index in [0.29, 0.717) is 12.1 Å². The highest BCUT2D eigenvalue weighted by Crippen LogP contribution is 2.29. The molecule has 0 N–H and O–H groups in total. The minimum absolute atomic E-state index is 0.292. The van der Waals surface area contributed by atoms with Crippen LogP contribution in [0.1, 0.15) is 50.4 Å². The van der Waals surface area contributed by atoms with Gasteiger partial charge in [0.05, 0.1) is 25.4 Å². The van der Waals surface area contributed by atoms with E-state index in [1.165, 1.54) is 12.8 Å². The normalized spacial score (nSPS) is 26.7. The summed E-state index contributed by atoms with van der Waals surface area (Å²) in [7, 11) is 0. The summed E-state index contributed by atoms with van der Waals surface area (Å²) in [6, 6.07) is 0.292. The Balaban J connectivity index is 1.43. The lowest BCUT2D eigenvalue weighted by molar-refractivity contribution is 0.00920. The van der Waals surface area contributed by atoms with Crippen molar-refractivity contribution in [3.05, 3.63) is 11.7 Å². The maximum Gasteiger partial charge on any atom is 0.226 e. The molecule has 3 rings (SSSR count). The van der Waals surface area contributed by atoms with E-state index >= 15 is 0 Å². The van der Waals surface area contributed by atoms with Crippen molar-refractivity contribution in [1.29, 1.82) is 0 Å². The van der Waals surface area contributed by atoms with Crippen LogP contribution in [0.4, 0.5) is 0 Å². The molecule has 0 aromatic carbocycles. The van der Waals surface area contributed by atoms with Crippen molar-refractivity contribution in [2.45, 2.75) is 51.2 Å². The van der Waals surface area contributed by atoms with Crippen molar-refractivity contribution in [1.82, 2.24) is 15.0 Å². The number of aryl methyl sites for hydroxylation is 1. The summed E-state index contributed by atoms with van der Waals surface area (Å²) in [5, 5.41) is 4.12. The zero-order chi connectivity index (χ0) is 14.5. The van der Waals surface area contributed by atoms with E-state index < -0.39 is 0 Å². The Labute approximate surface area is 125 Å². The van der Waals surface area contributed by atoms with Gasteiger partial charge in [0, 0.05) is 19.6 Å². The average molecular weight is 295 g/mol. The van der Waals surface area contributed by atoms with Crippen LogP contribution in [0.5, 0.6) is 0 Å². The molecular weight excluding hydrogens is 270 g/mol. The summed E-state index contributed by atoms with van der Waals surface area (Å²) < 4.78 is 16.6. The predicted molar refractivity (Wildman–Crippen MR) is 77.0 cm³/mol. The van der Waals surface area contributed by atoms with Gasteiger partial charge in [-0.05, 0) is 32.2 Å². The van der Waals surface area contributed by atoms with Crippen molar-refractivity contribution >= 4 is 0 Å².